The van der Waals surface area contributed by atoms with Crippen LogP contribution in [0, 0.1) is 4.77 Å². The van der Waals surface area contributed by atoms with E-state index in [0.29, 0.717) is 17.1 Å². The smallest absolute Gasteiger partial charge is 0.245 e. The van der Waals surface area contributed by atoms with Crippen molar-refractivity contribution in [3.05, 3.63) is 52.4 Å². The number of benzene rings is 1. The molecule has 0 saturated heterocycles. The molecule has 1 atom stereocenters. The Kier molecular flexibility index (Phi) is 5.33. The monoisotopic (exact) mass is 426 g/mol. The number of carbonyl (C=O) groups excluding carboxylic acids is 1. The van der Waals surface area contributed by atoms with Crippen LogP contribution in [0.5, 0.6) is 0 Å². The second kappa shape index (κ2) is 7.92. The molecule has 1 N–H and O–H groups in total. The Morgan fingerprint density at radius 3 is 2.83 bits per heavy atom. The molecule has 0 spiro atoms. The molecule has 0 fully saturated rings. The number of aromatic nitrogens is 5. The van der Waals surface area contributed by atoms with Crippen LogP contribution in [0.25, 0.3) is 21.7 Å². The predicted octanol–water partition coefficient (Wildman–Crippen LogP) is 4.26. The third-order valence-electron chi connectivity index (χ3n) is 5.00. The van der Waals surface area contributed by atoms with Crippen molar-refractivity contribution in [3.63, 3.8) is 0 Å². The Balaban J connectivity index is 1.61. The summed E-state index contributed by atoms with van der Waals surface area (Å²) in [5, 5.41) is 9.13. The molecule has 1 unspecified atom stereocenters. The summed E-state index contributed by atoms with van der Waals surface area (Å²) >= 11 is 6.97. The maximum absolute atomic E-state index is 13.2. The summed E-state index contributed by atoms with van der Waals surface area (Å²) in [5.74, 6) is 1.50. The molecule has 1 amide bonds. The fourth-order valence-corrected chi connectivity index (χ4v) is 4.56. The van der Waals surface area contributed by atoms with Gasteiger partial charge in [-0.3, -0.25) is 14.5 Å². The van der Waals surface area contributed by atoms with E-state index in [2.05, 4.69) is 27.8 Å². The average molecular weight is 427 g/mol. The third kappa shape index (κ3) is 3.51. The minimum atomic E-state index is -0.484. The number of rotatable bonds is 6. The van der Waals surface area contributed by atoms with Gasteiger partial charge in [0.1, 0.15) is 11.9 Å². The molecule has 9 heteroatoms. The molecule has 0 aliphatic rings. The van der Waals surface area contributed by atoms with E-state index in [1.54, 1.807) is 27.9 Å². The maximum Gasteiger partial charge on any atom is 0.245 e. The van der Waals surface area contributed by atoms with Crippen molar-refractivity contribution < 1.29 is 4.79 Å². The molecule has 0 bridgehead atoms. The SMILES string of the molecule is CCn1c(CN(C)C(=O)C(C)n2c(-c3cccs3)n[nH]c2=S)nc2ccccc21. The fraction of sp³-hybridized carbons (Fsp3) is 0.300. The zero-order chi connectivity index (χ0) is 20.5. The Morgan fingerprint density at radius 1 is 1.31 bits per heavy atom. The fourth-order valence-electron chi connectivity index (χ4n) is 3.56. The second-order valence-electron chi connectivity index (χ2n) is 6.83. The van der Waals surface area contributed by atoms with Crippen LogP contribution < -0.4 is 0 Å². The Hall–Kier alpha value is -2.78. The van der Waals surface area contributed by atoms with Gasteiger partial charge < -0.3 is 9.47 Å². The van der Waals surface area contributed by atoms with E-state index in [4.69, 9.17) is 17.2 Å². The summed E-state index contributed by atoms with van der Waals surface area (Å²) < 4.78 is 4.36. The van der Waals surface area contributed by atoms with Gasteiger partial charge in [-0.1, -0.05) is 18.2 Å². The van der Waals surface area contributed by atoms with Crippen molar-refractivity contribution >= 4 is 40.5 Å². The van der Waals surface area contributed by atoms with Gasteiger partial charge in [-0.15, -0.1) is 11.3 Å². The van der Waals surface area contributed by atoms with Gasteiger partial charge in [0.25, 0.3) is 0 Å². The molecule has 4 aromatic rings. The van der Waals surface area contributed by atoms with Gasteiger partial charge in [0, 0.05) is 13.6 Å². The molecule has 0 aliphatic carbocycles. The lowest BCUT2D eigenvalue weighted by Crippen LogP contribution is -2.34. The lowest BCUT2D eigenvalue weighted by Gasteiger charge is -2.23. The standard InChI is InChI=1S/C20H22N6OS2/c1-4-25-15-9-6-5-8-14(15)21-17(25)12-24(3)19(27)13(2)26-18(22-23-20(26)28)16-10-7-11-29-16/h5-11,13H,4,12H2,1-3H3,(H,23,28). The predicted molar refractivity (Wildman–Crippen MR) is 117 cm³/mol. The highest BCUT2D eigenvalue weighted by molar-refractivity contribution is 7.71. The Labute approximate surface area is 177 Å². The van der Waals surface area contributed by atoms with Crippen molar-refractivity contribution in [1.29, 1.82) is 0 Å². The number of H-pyrrole nitrogens is 1. The summed E-state index contributed by atoms with van der Waals surface area (Å²) in [6.07, 6.45) is 0. The zero-order valence-corrected chi connectivity index (χ0v) is 18.1. The second-order valence-corrected chi connectivity index (χ2v) is 8.17. The number of nitrogens with one attached hydrogen (secondary N) is 1. The van der Waals surface area contributed by atoms with Crippen LogP contribution in [-0.4, -0.2) is 42.2 Å². The molecular weight excluding hydrogens is 404 g/mol. The summed E-state index contributed by atoms with van der Waals surface area (Å²) in [7, 11) is 1.80. The van der Waals surface area contributed by atoms with Crippen molar-refractivity contribution in [2.45, 2.75) is 33.0 Å². The van der Waals surface area contributed by atoms with Crippen molar-refractivity contribution in [3.8, 4) is 10.7 Å². The van der Waals surface area contributed by atoms with Gasteiger partial charge in [-0.05, 0) is 49.6 Å². The van der Waals surface area contributed by atoms with E-state index in [0.717, 1.165) is 28.3 Å². The number of hydrogen-bond acceptors (Lipinski definition) is 5. The minimum Gasteiger partial charge on any atom is -0.336 e. The third-order valence-corrected chi connectivity index (χ3v) is 6.15. The molecule has 150 valence electrons. The van der Waals surface area contributed by atoms with Gasteiger partial charge in [0.15, 0.2) is 10.6 Å². The summed E-state index contributed by atoms with van der Waals surface area (Å²) in [6, 6.07) is 11.5. The number of likely N-dealkylation sites (N-methyl/N-ethyl adjacent to an activating group) is 1. The molecule has 1 aromatic carbocycles. The van der Waals surface area contributed by atoms with Crippen LogP contribution in [0.3, 0.4) is 0 Å². The number of hydrogen-bond donors (Lipinski definition) is 1. The van der Waals surface area contributed by atoms with E-state index in [1.807, 2.05) is 42.6 Å². The first kappa shape index (κ1) is 19.5. The number of imidazole rings is 1. The van der Waals surface area contributed by atoms with Crippen LogP contribution in [-0.2, 0) is 17.9 Å². The number of thiophene rings is 1. The lowest BCUT2D eigenvalue weighted by molar-refractivity contribution is -0.133. The van der Waals surface area contributed by atoms with Gasteiger partial charge >= 0.3 is 0 Å². The molecule has 0 aliphatic heterocycles. The minimum absolute atomic E-state index is 0.0463. The molecule has 3 aromatic heterocycles. The summed E-state index contributed by atoms with van der Waals surface area (Å²) in [5.41, 5.74) is 2.02. The Bertz CT molecular complexity index is 1200. The lowest BCUT2D eigenvalue weighted by atomic mass is 10.2. The van der Waals surface area contributed by atoms with Crippen molar-refractivity contribution in [2.24, 2.45) is 0 Å². The van der Waals surface area contributed by atoms with Crippen LogP contribution in [0.1, 0.15) is 25.7 Å². The molecule has 0 saturated carbocycles. The molecule has 7 nitrogen and oxygen atoms in total. The van der Waals surface area contributed by atoms with E-state index < -0.39 is 6.04 Å². The van der Waals surface area contributed by atoms with Gasteiger partial charge in [0.2, 0.25) is 5.91 Å². The highest BCUT2D eigenvalue weighted by atomic mass is 32.1. The molecule has 29 heavy (non-hydrogen) atoms. The molecule has 3 heterocycles. The first-order valence-electron chi connectivity index (χ1n) is 9.41. The summed E-state index contributed by atoms with van der Waals surface area (Å²) in [4.78, 5) is 20.6. The number of para-hydroxylation sites is 2. The Morgan fingerprint density at radius 2 is 2.10 bits per heavy atom. The molecule has 4 rings (SSSR count). The maximum atomic E-state index is 13.2. The molecule has 0 radical (unpaired) electrons. The van der Waals surface area contributed by atoms with E-state index in [1.165, 1.54) is 0 Å². The number of carbonyl (C=O) groups is 1. The van der Waals surface area contributed by atoms with E-state index >= 15 is 0 Å². The number of fused-ring (bicyclic) bond motifs is 1. The largest absolute Gasteiger partial charge is 0.336 e. The highest BCUT2D eigenvalue weighted by Gasteiger charge is 2.25. The number of nitrogens with zero attached hydrogens (tertiary/aromatic N) is 5. The number of amides is 1. The first-order valence-corrected chi connectivity index (χ1v) is 10.7. The zero-order valence-electron chi connectivity index (χ0n) is 16.5. The summed E-state index contributed by atoms with van der Waals surface area (Å²) in [6.45, 7) is 5.15. The quantitative estimate of drug-likeness (QED) is 0.468. The number of aromatic amines is 1. The average Bonchev–Trinajstić information content (AvgIpc) is 3.44. The van der Waals surface area contributed by atoms with Crippen molar-refractivity contribution in [1.82, 2.24) is 29.2 Å². The topological polar surface area (TPSA) is 71.7 Å². The van der Waals surface area contributed by atoms with Crippen LogP contribution in [0.15, 0.2) is 41.8 Å². The first-order chi connectivity index (χ1) is 14.0. The van der Waals surface area contributed by atoms with Crippen molar-refractivity contribution in [2.75, 3.05) is 7.05 Å². The normalized spacial score (nSPS) is 12.4. The van der Waals surface area contributed by atoms with Crippen LogP contribution in [0.4, 0.5) is 0 Å². The van der Waals surface area contributed by atoms with Gasteiger partial charge in [0.05, 0.1) is 22.5 Å². The van der Waals surface area contributed by atoms with E-state index in [9.17, 15) is 4.79 Å². The van der Waals surface area contributed by atoms with Gasteiger partial charge in [-0.25, -0.2) is 4.98 Å². The molecular formula is C20H22N6OS2. The van der Waals surface area contributed by atoms with Crippen LogP contribution >= 0.6 is 23.6 Å². The van der Waals surface area contributed by atoms with Gasteiger partial charge in [-0.2, -0.15) is 5.10 Å². The van der Waals surface area contributed by atoms with E-state index in [-0.39, 0.29) is 5.91 Å². The highest BCUT2D eigenvalue weighted by Crippen LogP contribution is 2.26. The number of aryl methyl sites for hydroxylation is 1. The van der Waals surface area contributed by atoms with Crippen LogP contribution in [0.2, 0.25) is 0 Å².